The van der Waals surface area contributed by atoms with Gasteiger partial charge in [-0.25, -0.2) is 4.79 Å². The van der Waals surface area contributed by atoms with Gasteiger partial charge in [0, 0.05) is 19.6 Å². The number of hydrogen-bond acceptors (Lipinski definition) is 3. The molecule has 1 heterocycles. The predicted octanol–water partition coefficient (Wildman–Crippen LogP) is 1.38. The minimum atomic E-state index is -0.437. The van der Waals surface area contributed by atoms with E-state index in [2.05, 4.69) is 5.32 Å². The number of rotatable bonds is 3. The number of carbonyl (C=O) groups is 2. The summed E-state index contributed by atoms with van der Waals surface area (Å²) >= 11 is 0. The molecule has 0 aromatic carbocycles. The zero-order chi connectivity index (χ0) is 12.9. The predicted molar refractivity (Wildman–Crippen MR) is 64.6 cm³/mol. The molecule has 98 valence electrons. The second-order valence-electron chi connectivity index (χ2n) is 5.44. The lowest BCUT2D eigenvalue weighted by molar-refractivity contribution is -0.109. The average molecular weight is 242 g/mol. The van der Waals surface area contributed by atoms with Crippen LogP contribution in [0.4, 0.5) is 4.79 Å². The van der Waals surface area contributed by atoms with Gasteiger partial charge in [-0.05, 0) is 39.5 Å². The summed E-state index contributed by atoms with van der Waals surface area (Å²) in [4.78, 5) is 23.7. The number of piperidine rings is 1. The number of amides is 2. The highest BCUT2D eigenvalue weighted by Crippen LogP contribution is 2.18. The number of hydrogen-bond donors (Lipinski definition) is 1. The maximum Gasteiger partial charge on any atom is 0.410 e. The van der Waals surface area contributed by atoms with Gasteiger partial charge in [-0.15, -0.1) is 0 Å². The third kappa shape index (κ3) is 5.06. The fraction of sp³-hybridized carbons (Fsp3) is 0.833. The topological polar surface area (TPSA) is 58.6 Å². The van der Waals surface area contributed by atoms with Crippen molar-refractivity contribution < 1.29 is 14.3 Å². The summed E-state index contributed by atoms with van der Waals surface area (Å²) in [5.41, 5.74) is -0.437. The zero-order valence-corrected chi connectivity index (χ0v) is 10.9. The van der Waals surface area contributed by atoms with Crippen molar-refractivity contribution in [1.29, 1.82) is 0 Å². The van der Waals surface area contributed by atoms with E-state index in [1.807, 2.05) is 20.8 Å². The first-order valence-electron chi connectivity index (χ1n) is 6.07. The van der Waals surface area contributed by atoms with Gasteiger partial charge in [-0.3, -0.25) is 4.79 Å². The normalized spacial score (nSPS) is 17.7. The minimum Gasteiger partial charge on any atom is -0.444 e. The van der Waals surface area contributed by atoms with E-state index >= 15 is 0 Å². The van der Waals surface area contributed by atoms with Crippen LogP contribution in [0.1, 0.15) is 33.6 Å². The molecule has 5 nitrogen and oxygen atoms in total. The van der Waals surface area contributed by atoms with E-state index in [4.69, 9.17) is 4.74 Å². The molecule has 0 saturated carbocycles. The van der Waals surface area contributed by atoms with Gasteiger partial charge in [0.05, 0.1) is 0 Å². The highest BCUT2D eigenvalue weighted by atomic mass is 16.6. The quantitative estimate of drug-likeness (QED) is 0.761. The summed E-state index contributed by atoms with van der Waals surface area (Å²) in [5.74, 6) is 0.471. The van der Waals surface area contributed by atoms with Crippen molar-refractivity contribution in [1.82, 2.24) is 10.2 Å². The second-order valence-corrected chi connectivity index (χ2v) is 5.44. The van der Waals surface area contributed by atoms with Crippen molar-refractivity contribution in [2.75, 3.05) is 19.6 Å². The molecule has 1 aliphatic heterocycles. The molecule has 0 atom stereocenters. The zero-order valence-electron chi connectivity index (χ0n) is 10.9. The van der Waals surface area contributed by atoms with Crippen LogP contribution in [0.15, 0.2) is 0 Å². The van der Waals surface area contributed by atoms with Crippen molar-refractivity contribution in [3.63, 3.8) is 0 Å². The van der Waals surface area contributed by atoms with Gasteiger partial charge < -0.3 is 15.0 Å². The average Bonchev–Trinajstić information content (AvgIpc) is 2.24. The highest BCUT2D eigenvalue weighted by Gasteiger charge is 2.26. The van der Waals surface area contributed by atoms with Gasteiger partial charge in [-0.1, -0.05) is 0 Å². The monoisotopic (exact) mass is 242 g/mol. The Hall–Kier alpha value is -1.26. The Morgan fingerprint density at radius 1 is 1.41 bits per heavy atom. The Labute approximate surface area is 102 Å². The summed E-state index contributed by atoms with van der Waals surface area (Å²) in [5, 5.41) is 2.69. The molecule has 1 N–H and O–H groups in total. The Morgan fingerprint density at radius 3 is 2.47 bits per heavy atom. The Morgan fingerprint density at radius 2 is 2.00 bits per heavy atom. The van der Waals surface area contributed by atoms with E-state index in [-0.39, 0.29) is 6.09 Å². The van der Waals surface area contributed by atoms with Crippen molar-refractivity contribution >= 4 is 12.5 Å². The summed E-state index contributed by atoms with van der Waals surface area (Å²) in [7, 11) is 0. The molecule has 0 radical (unpaired) electrons. The summed E-state index contributed by atoms with van der Waals surface area (Å²) in [6.07, 6.45) is 2.32. The molecule has 0 unspecified atom stereocenters. The number of nitrogens with zero attached hydrogens (tertiary/aromatic N) is 1. The Balaban J connectivity index is 2.31. The van der Waals surface area contributed by atoms with Crippen LogP contribution < -0.4 is 5.32 Å². The first-order chi connectivity index (χ1) is 7.92. The molecule has 1 fully saturated rings. The first-order valence-corrected chi connectivity index (χ1v) is 6.07. The number of nitrogens with one attached hydrogen (secondary N) is 1. The molecule has 0 spiro atoms. The first kappa shape index (κ1) is 13.8. The van der Waals surface area contributed by atoms with Gasteiger partial charge in [0.15, 0.2) is 0 Å². The molecule has 0 aromatic rings. The minimum absolute atomic E-state index is 0.237. The van der Waals surface area contributed by atoms with Crippen LogP contribution in [0.3, 0.4) is 0 Å². The molecule has 0 bridgehead atoms. The molecular weight excluding hydrogens is 220 g/mol. The lowest BCUT2D eigenvalue weighted by Gasteiger charge is -2.33. The SMILES string of the molecule is CC(C)(C)OC(=O)N1CCC(CNC=O)CC1. The van der Waals surface area contributed by atoms with Crippen molar-refractivity contribution in [2.45, 2.75) is 39.2 Å². The van der Waals surface area contributed by atoms with Gasteiger partial charge in [-0.2, -0.15) is 0 Å². The largest absolute Gasteiger partial charge is 0.444 e. The van der Waals surface area contributed by atoms with E-state index in [0.29, 0.717) is 25.6 Å². The third-order valence-electron chi connectivity index (χ3n) is 2.76. The van der Waals surface area contributed by atoms with Crippen LogP contribution in [0.5, 0.6) is 0 Å². The lowest BCUT2D eigenvalue weighted by atomic mass is 9.97. The van der Waals surface area contributed by atoms with Crippen LogP contribution in [0, 0.1) is 5.92 Å². The smallest absolute Gasteiger partial charge is 0.410 e. The number of likely N-dealkylation sites (tertiary alicyclic amines) is 1. The molecule has 0 aliphatic carbocycles. The van der Waals surface area contributed by atoms with Crippen LogP contribution >= 0.6 is 0 Å². The maximum atomic E-state index is 11.8. The van der Waals surface area contributed by atoms with Crippen molar-refractivity contribution in [3.05, 3.63) is 0 Å². The van der Waals surface area contributed by atoms with Crippen LogP contribution in [-0.2, 0) is 9.53 Å². The Kier molecular flexibility index (Phi) is 4.78. The highest BCUT2D eigenvalue weighted by molar-refractivity contribution is 5.68. The van der Waals surface area contributed by atoms with E-state index in [9.17, 15) is 9.59 Å². The lowest BCUT2D eigenvalue weighted by Crippen LogP contribution is -2.43. The molecule has 1 aliphatic rings. The molecule has 1 saturated heterocycles. The van der Waals surface area contributed by atoms with E-state index < -0.39 is 5.60 Å². The third-order valence-corrected chi connectivity index (χ3v) is 2.76. The van der Waals surface area contributed by atoms with E-state index in [0.717, 1.165) is 19.3 Å². The van der Waals surface area contributed by atoms with Crippen LogP contribution in [-0.4, -0.2) is 42.6 Å². The second kappa shape index (κ2) is 5.89. The molecule has 17 heavy (non-hydrogen) atoms. The Bertz CT molecular complexity index is 265. The van der Waals surface area contributed by atoms with Gasteiger partial charge in [0.25, 0.3) is 0 Å². The van der Waals surface area contributed by atoms with E-state index in [1.54, 1.807) is 4.90 Å². The fourth-order valence-corrected chi connectivity index (χ4v) is 1.86. The molecule has 1 rings (SSSR count). The number of carbonyl (C=O) groups excluding carboxylic acids is 2. The molecule has 2 amide bonds. The van der Waals surface area contributed by atoms with Gasteiger partial charge >= 0.3 is 6.09 Å². The van der Waals surface area contributed by atoms with Gasteiger partial charge in [0.1, 0.15) is 5.60 Å². The molecular formula is C12H22N2O3. The fourth-order valence-electron chi connectivity index (χ4n) is 1.86. The summed E-state index contributed by atoms with van der Waals surface area (Å²) in [6, 6.07) is 0. The molecule has 5 heteroatoms. The van der Waals surface area contributed by atoms with Crippen LogP contribution in [0.25, 0.3) is 0 Å². The molecule has 0 aromatic heterocycles. The number of ether oxygens (including phenoxy) is 1. The van der Waals surface area contributed by atoms with Crippen molar-refractivity contribution in [3.8, 4) is 0 Å². The summed E-state index contributed by atoms with van der Waals surface area (Å²) < 4.78 is 5.31. The standard InChI is InChI=1S/C12H22N2O3/c1-12(2,3)17-11(16)14-6-4-10(5-7-14)8-13-9-15/h9-10H,4-8H2,1-3H3,(H,13,15). The van der Waals surface area contributed by atoms with Gasteiger partial charge in [0.2, 0.25) is 6.41 Å². The van der Waals surface area contributed by atoms with Crippen LogP contribution in [0.2, 0.25) is 0 Å². The summed E-state index contributed by atoms with van der Waals surface area (Å²) in [6.45, 7) is 7.72. The maximum absolute atomic E-state index is 11.8. The van der Waals surface area contributed by atoms with Crippen molar-refractivity contribution in [2.24, 2.45) is 5.92 Å². The van der Waals surface area contributed by atoms with E-state index in [1.165, 1.54) is 0 Å².